The third kappa shape index (κ3) is 2.68. The lowest BCUT2D eigenvalue weighted by atomic mass is 10.1. The average molecular weight is 179 g/mol. The first kappa shape index (κ1) is 9.86. The van der Waals surface area contributed by atoms with Crippen LogP contribution in [0.2, 0.25) is 0 Å². The van der Waals surface area contributed by atoms with Crippen LogP contribution >= 0.6 is 0 Å². The first-order valence-corrected chi connectivity index (χ1v) is 4.28. The maximum absolute atomic E-state index is 12.1. The molecular formula is C8H15F2NO. The summed E-state index contributed by atoms with van der Waals surface area (Å²) in [6.45, 7) is 0.769. The fourth-order valence-electron chi connectivity index (χ4n) is 1.55. The monoisotopic (exact) mass is 179 g/mol. The Morgan fingerprint density at radius 2 is 2.25 bits per heavy atom. The maximum atomic E-state index is 12.1. The molecule has 1 saturated heterocycles. The van der Waals surface area contributed by atoms with Gasteiger partial charge in [0, 0.05) is 19.0 Å². The van der Waals surface area contributed by atoms with E-state index in [4.69, 9.17) is 5.11 Å². The molecule has 0 bridgehead atoms. The third-order valence-electron chi connectivity index (χ3n) is 2.24. The van der Waals surface area contributed by atoms with E-state index in [1.807, 2.05) is 4.90 Å². The van der Waals surface area contributed by atoms with E-state index in [-0.39, 0.29) is 12.6 Å². The van der Waals surface area contributed by atoms with Crippen molar-refractivity contribution in [2.75, 3.05) is 33.0 Å². The van der Waals surface area contributed by atoms with Gasteiger partial charge in [0.2, 0.25) is 0 Å². The predicted octanol–water partition coefficient (Wildman–Crippen LogP) is 0.608. The van der Waals surface area contributed by atoms with E-state index in [1.165, 1.54) is 0 Å². The van der Waals surface area contributed by atoms with Crippen LogP contribution in [0, 0.1) is 5.92 Å². The summed E-state index contributed by atoms with van der Waals surface area (Å²) < 4.78 is 24.0. The molecule has 4 heteroatoms. The van der Waals surface area contributed by atoms with Gasteiger partial charge in [0.25, 0.3) is 0 Å². The standard InChI is InChI=1S/C8H15F2NO/c9-3-7-1-2-11(5-7)6-8(12)4-10/h7-8,12H,1-6H2. The molecule has 0 aromatic rings. The van der Waals surface area contributed by atoms with Crippen LogP contribution in [0.1, 0.15) is 6.42 Å². The van der Waals surface area contributed by atoms with E-state index >= 15 is 0 Å². The molecule has 1 heterocycles. The number of alkyl halides is 2. The molecule has 0 amide bonds. The molecule has 1 N–H and O–H groups in total. The highest BCUT2D eigenvalue weighted by Crippen LogP contribution is 2.16. The largest absolute Gasteiger partial charge is 0.389 e. The Kier molecular flexibility index (Phi) is 3.88. The summed E-state index contributed by atoms with van der Waals surface area (Å²) in [5.74, 6) is 0.0943. The van der Waals surface area contributed by atoms with E-state index in [9.17, 15) is 8.78 Å². The van der Waals surface area contributed by atoms with Gasteiger partial charge >= 0.3 is 0 Å². The van der Waals surface area contributed by atoms with Crippen LogP contribution in [-0.2, 0) is 0 Å². The summed E-state index contributed by atoms with van der Waals surface area (Å²) in [5.41, 5.74) is 0. The number of nitrogens with zero attached hydrogens (tertiary/aromatic N) is 1. The Morgan fingerprint density at radius 3 is 2.75 bits per heavy atom. The van der Waals surface area contributed by atoms with Gasteiger partial charge in [-0.1, -0.05) is 0 Å². The highest BCUT2D eigenvalue weighted by Gasteiger charge is 2.23. The van der Waals surface area contributed by atoms with Crippen LogP contribution in [-0.4, -0.2) is 49.1 Å². The molecule has 0 aliphatic carbocycles. The van der Waals surface area contributed by atoms with Crippen molar-refractivity contribution in [2.45, 2.75) is 12.5 Å². The zero-order chi connectivity index (χ0) is 8.97. The topological polar surface area (TPSA) is 23.5 Å². The highest BCUT2D eigenvalue weighted by atomic mass is 19.1. The molecule has 0 radical (unpaired) electrons. The first-order valence-electron chi connectivity index (χ1n) is 4.28. The number of aliphatic hydroxyl groups is 1. The van der Waals surface area contributed by atoms with Crippen LogP contribution in [0.4, 0.5) is 8.78 Å². The SMILES string of the molecule is OC(CF)CN1CCC(CF)C1. The molecule has 72 valence electrons. The number of hydrogen-bond donors (Lipinski definition) is 1. The van der Waals surface area contributed by atoms with E-state index in [0.717, 1.165) is 13.0 Å². The van der Waals surface area contributed by atoms with Gasteiger partial charge in [0.1, 0.15) is 6.67 Å². The molecule has 1 rings (SSSR count). The van der Waals surface area contributed by atoms with Crippen molar-refractivity contribution < 1.29 is 13.9 Å². The lowest BCUT2D eigenvalue weighted by Gasteiger charge is -2.17. The van der Waals surface area contributed by atoms with Crippen molar-refractivity contribution in [3.63, 3.8) is 0 Å². The summed E-state index contributed by atoms with van der Waals surface area (Å²) in [5, 5.41) is 8.97. The van der Waals surface area contributed by atoms with Crippen molar-refractivity contribution in [3.8, 4) is 0 Å². The zero-order valence-electron chi connectivity index (χ0n) is 7.05. The summed E-state index contributed by atoms with van der Waals surface area (Å²) >= 11 is 0. The van der Waals surface area contributed by atoms with Crippen LogP contribution in [0.5, 0.6) is 0 Å². The van der Waals surface area contributed by atoms with E-state index in [0.29, 0.717) is 13.1 Å². The number of likely N-dealkylation sites (tertiary alicyclic amines) is 1. The summed E-state index contributed by atoms with van der Waals surface area (Å²) in [4.78, 5) is 1.91. The van der Waals surface area contributed by atoms with Gasteiger partial charge in [-0.3, -0.25) is 4.39 Å². The molecular weight excluding hydrogens is 164 g/mol. The van der Waals surface area contributed by atoms with Gasteiger partial charge in [0.05, 0.1) is 12.8 Å². The second-order valence-electron chi connectivity index (χ2n) is 3.38. The molecule has 1 aliphatic heterocycles. The van der Waals surface area contributed by atoms with Crippen molar-refractivity contribution in [2.24, 2.45) is 5.92 Å². The van der Waals surface area contributed by atoms with Crippen molar-refractivity contribution in [1.82, 2.24) is 4.90 Å². The Morgan fingerprint density at radius 1 is 1.50 bits per heavy atom. The normalized spacial score (nSPS) is 27.8. The van der Waals surface area contributed by atoms with Crippen molar-refractivity contribution >= 4 is 0 Å². The zero-order valence-corrected chi connectivity index (χ0v) is 7.05. The van der Waals surface area contributed by atoms with Gasteiger partial charge in [-0.25, -0.2) is 4.39 Å². The number of β-amino-alcohol motifs (C(OH)–C–C–N with tert-alkyl or cyclic N) is 1. The molecule has 1 aliphatic rings. The Labute approximate surface area is 71.2 Å². The number of rotatable bonds is 4. The van der Waals surface area contributed by atoms with Crippen LogP contribution in [0.25, 0.3) is 0 Å². The number of aliphatic hydroxyl groups excluding tert-OH is 1. The van der Waals surface area contributed by atoms with Gasteiger partial charge in [-0.2, -0.15) is 0 Å². The molecule has 2 nitrogen and oxygen atoms in total. The maximum Gasteiger partial charge on any atom is 0.117 e. The van der Waals surface area contributed by atoms with Gasteiger partial charge in [-0.15, -0.1) is 0 Å². The Hall–Kier alpha value is -0.220. The molecule has 0 saturated carbocycles. The molecule has 2 atom stereocenters. The van der Waals surface area contributed by atoms with Gasteiger partial charge < -0.3 is 10.0 Å². The number of hydrogen-bond acceptors (Lipinski definition) is 2. The fourth-order valence-corrected chi connectivity index (χ4v) is 1.55. The molecule has 2 unspecified atom stereocenters. The third-order valence-corrected chi connectivity index (χ3v) is 2.24. The van der Waals surface area contributed by atoms with Gasteiger partial charge in [-0.05, 0) is 13.0 Å². The van der Waals surface area contributed by atoms with Crippen LogP contribution in [0.3, 0.4) is 0 Å². The Balaban J connectivity index is 2.18. The predicted molar refractivity (Wildman–Crippen MR) is 42.5 cm³/mol. The molecule has 12 heavy (non-hydrogen) atoms. The molecule has 1 fully saturated rings. The minimum Gasteiger partial charge on any atom is -0.389 e. The van der Waals surface area contributed by atoms with Crippen LogP contribution < -0.4 is 0 Å². The summed E-state index contributed by atoms with van der Waals surface area (Å²) in [6, 6.07) is 0. The second-order valence-corrected chi connectivity index (χ2v) is 3.38. The van der Waals surface area contributed by atoms with E-state index in [2.05, 4.69) is 0 Å². The quantitative estimate of drug-likeness (QED) is 0.683. The minimum absolute atomic E-state index is 0.0943. The highest BCUT2D eigenvalue weighted by molar-refractivity contribution is 4.76. The van der Waals surface area contributed by atoms with Crippen molar-refractivity contribution in [1.29, 1.82) is 0 Å². The lowest BCUT2D eigenvalue weighted by molar-refractivity contribution is 0.0975. The first-order chi connectivity index (χ1) is 5.76. The summed E-state index contributed by atoms with van der Waals surface area (Å²) in [6.07, 6.45) is -0.0708. The van der Waals surface area contributed by atoms with Gasteiger partial charge in [0.15, 0.2) is 0 Å². The summed E-state index contributed by atoms with van der Waals surface area (Å²) in [7, 11) is 0. The number of halogens is 2. The molecule has 0 aromatic heterocycles. The van der Waals surface area contributed by atoms with E-state index < -0.39 is 12.8 Å². The molecule has 0 spiro atoms. The average Bonchev–Trinajstić information content (AvgIpc) is 2.52. The fraction of sp³-hybridized carbons (Fsp3) is 1.00. The Bertz CT molecular complexity index is 134. The van der Waals surface area contributed by atoms with Crippen LogP contribution in [0.15, 0.2) is 0 Å². The second kappa shape index (κ2) is 4.72. The minimum atomic E-state index is -0.900. The van der Waals surface area contributed by atoms with Crippen molar-refractivity contribution in [3.05, 3.63) is 0 Å². The lowest BCUT2D eigenvalue weighted by Crippen LogP contribution is -2.31. The molecule has 0 aromatic carbocycles. The smallest absolute Gasteiger partial charge is 0.117 e. The van der Waals surface area contributed by atoms with E-state index in [1.54, 1.807) is 0 Å².